The summed E-state index contributed by atoms with van der Waals surface area (Å²) in [5, 5.41) is 12.0. The number of nitrogens with zero attached hydrogens (tertiary/aromatic N) is 4. The summed E-state index contributed by atoms with van der Waals surface area (Å²) in [4.78, 5) is 24.2. The Labute approximate surface area is 173 Å². The van der Waals surface area contributed by atoms with Gasteiger partial charge in [-0.1, -0.05) is 11.6 Å². The lowest BCUT2D eigenvalue weighted by Gasteiger charge is -2.08. The largest absolute Gasteiger partial charge is 0.436 e. The number of hydrogen-bond acceptors (Lipinski definition) is 4. The Balaban J connectivity index is 1.62. The van der Waals surface area contributed by atoms with Crippen molar-refractivity contribution in [2.24, 2.45) is 7.05 Å². The molecule has 0 bridgehead atoms. The van der Waals surface area contributed by atoms with Crippen LogP contribution in [0.15, 0.2) is 36.5 Å². The van der Waals surface area contributed by atoms with Gasteiger partial charge in [-0.25, -0.2) is 0 Å². The first-order chi connectivity index (χ1) is 14.0. The highest BCUT2D eigenvalue weighted by Gasteiger charge is 2.38. The smallest absolute Gasteiger partial charge is 0.324 e. The quantitative estimate of drug-likeness (QED) is 0.635. The number of carbonyl (C=O) groups is 2. The molecule has 0 aliphatic heterocycles. The van der Waals surface area contributed by atoms with E-state index in [0.29, 0.717) is 11.4 Å². The molecule has 0 fully saturated rings. The molecule has 1 aromatic carbocycles. The Hall–Kier alpha value is -3.34. The van der Waals surface area contributed by atoms with E-state index in [1.807, 2.05) is 0 Å². The van der Waals surface area contributed by atoms with Crippen LogP contribution in [0.1, 0.15) is 21.9 Å². The summed E-state index contributed by atoms with van der Waals surface area (Å²) >= 11 is 5.67. The molecule has 2 amide bonds. The Morgan fingerprint density at radius 1 is 1.07 bits per heavy atom. The van der Waals surface area contributed by atoms with Gasteiger partial charge in [0.05, 0.1) is 10.7 Å². The van der Waals surface area contributed by atoms with Gasteiger partial charge in [0.1, 0.15) is 6.54 Å². The number of aryl methyl sites for hydroxylation is 1. The van der Waals surface area contributed by atoms with Crippen LogP contribution < -0.4 is 10.6 Å². The fraction of sp³-hybridized carbons (Fsp3) is 0.222. The number of hydrogen-bond donors (Lipinski definition) is 2. The van der Waals surface area contributed by atoms with Crippen LogP contribution in [0.5, 0.6) is 0 Å². The zero-order valence-corrected chi connectivity index (χ0v) is 16.5. The second kappa shape index (κ2) is 8.19. The topological polar surface area (TPSA) is 93.8 Å². The zero-order valence-electron chi connectivity index (χ0n) is 15.8. The van der Waals surface area contributed by atoms with Crippen LogP contribution in [0.25, 0.3) is 0 Å². The number of anilines is 2. The van der Waals surface area contributed by atoms with E-state index in [9.17, 15) is 22.8 Å². The second-order valence-corrected chi connectivity index (χ2v) is 6.74. The van der Waals surface area contributed by atoms with Gasteiger partial charge in [0.2, 0.25) is 5.91 Å². The van der Waals surface area contributed by atoms with Crippen molar-refractivity contribution in [2.45, 2.75) is 19.6 Å². The van der Waals surface area contributed by atoms with E-state index in [2.05, 4.69) is 20.8 Å². The molecule has 0 saturated heterocycles. The van der Waals surface area contributed by atoms with Crippen molar-refractivity contribution in [3.05, 3.63) is 58.6 Å². The highest BCUT2D eigenvalue weighted by Crippen LogP contribution is 2.35. The number of halogens is 4. The van der Waals surface area contributed by atoms with Gasteiger partial charge in [0, 0.05) is 24.6 Å². The number of nitrogens with one attached hydrogen (secondary N) is 2. The summed E-state index contributed by atoms with van der Waals surface area (Å²) in [5.41, 5.74) is -0.0773. The second-order valence-electron chi connectivity index (χ2n) is 6.36. The van der Waals surface area contributed by atoms with Gasteiger partial charge >= 0.3 is 6.18 Å². The van der Waals surface area contributed by atoms with Gasteiger partial charge in [-0.2, -0.15) is 23.4 Å². The monoisotopic (exact) mass is 440 g/mol. The molecule has 0 radical (unpaired) electrons. The van der Waals surface area contributed by atoms with Gasteiger partial charge < -0.3 is 10.6 Å². The van der Waals surface area contributed by atoms with Crippen LogP contribution in [-0.4, -0.2) is 31.4 Å². The molecule has 2 aromatic heterocycles. The lowest BCUT2D eigenvalue weighted by molar-refractivity contribution is -0.141. The van der Waals surface area contributed by atoms with E-state index < -0.39 is 29.3 Å². The van der Waals surface area contributed by atoms with Crippen molar-refractivity contribution in [1.82, 2.24) is 19.6 Å². The van der Waals surface area contributed by atoms with Gasteiger partial charge in [-0.15, -0.1) is 0 Å². The van der Waals surface area contributed by atoms with Crippen molar-refractivity contribution >= 4 is 34.8 Å². The normalized spacial score (nSPS) is 11.4. The number of benzene rings is 1. The fourth-order valence-electron chi connectivity index (χ4n) is 2.56. The molecule has 12 heteroatoms. The molecule has 2 N–H and O–H groups in total. The van der Waals surface area contributed by atoms with Crippen LogP contribution >= 0.6 is 11.6 Å². The maximum atomic E-state index is 12.9. The molecular weight excluding hydrogens is 425 g/mol. The van der Waals surface area contributed by atoms with Crippen molar-refractivity contribution in [3.63, 3.8) is 0 Å². The fourth-order valence-corrected chi connectivity index (χ4v) is 2.81. The third-order valence-electron chi connectivity index (χ3n) is 4.07. The van der Waals surface area contributed by atoms with E-state index in [1.54, 1.807) is 31.4 Å². The zero-order chi connectivity index (χ0) is 22.1. The molecule has 0 spiro atoms. The van der Waals surface area contributed by atoms with E-state index in [1.165, 1.54) is 23.7 Å². The Kier molecular flexibility index (Phi) is 5.83. The van der Waals surface area contributed by atoms with Gasteiger partial charge in [0.25, 0.3) is 5.91 Å². The average molecular weight is 441 g/mol. The number of aromatic nitrogens is 4. The van der Waals surface area contributed by atoms with Gasteiger partial charge in [-0.05, 0) is 37.3 Å². The summed E-state index contributed by atoms with van der Waals surface area (Å²) in [6.45, 7) is 0.900. The standard InChI is InChI=1S/C18H16ClF3N6O2/c1-10-15(19)16(18(20,21)22)26-28(10)9-14(29)23-11-3-5-12(6-4-11)24-17(30)13-7-8-27(2)25-13/h3-8H,9H2,1-2H3,(H,23,29)(H,24,30). The molecule has 30 heavy (non-hydrogen) atoms. The van der Waals surface area contributed by atoms with Crippen LogP contribution in [0.4, 0.5) is 24.5 Å². The third kappa shape index (κ3) is 4.79. The summed E-state index contributed by atoms with van der Waals surface area (Å²) in [7, 11) is 1.69. The Morgan fingerprint density at radius 3 is 2.17 bits per heavy atom. The van der Waals surface area contributed by atoms with Crippen LogP contribution in [-0.2, 0) is 24.6 Å². The van der Waals surface area contributed by atoms with E-state index in [0.717, 1.165) is 4.68 Å². The highest BCUT2D eigenvalue weighted by atomic mass is 35.5. The molecule has 3 aromatic rings. The first kappa shape index (κ1) is 21.4. The molecule has 0 atom stereocenters. The average Bonchev–Trinajstić information content (AvgIpc) is 3.22. The van der Waals surface area contributed by atoms with Crippen molar-refractivity contribution in [2.75, 3.05) is 10.6 Å². The molecule has 0 aliphatic rings. The predicted molar refractivity (Wildman–Crippen MR) is 103 cm³/mol. The minimum atomic E-state index is -4.71. The van der Waals surface area contributed by atoms with E-state index in [-0.39, 0.29) is 17.3 Å². The third-order valence-corrected chi connectivity index (χ3v) is 4.52. The maximum absolute atomic E-state index is 12.9. The van der Waals surface area contributed by atoms with Crippen LogP contribution in [0, 0.1) is 6.92 Å². The summed E-state index contributed by atoms with van der Waals surface area (Å²) in [6, 6.07) is 7.77. The van der Waals surface area contributed by atoms with Crippen molar-refractivity contribution < 1.29 is 22.8 Å². The molecule has 2 heterocycles. The number of rotatable bonds is 5. The minimum absolute atomic E-state index is 0.0340. The Bertz CT molecular complexity index is 1090. The SMILES string of the molecule is Cc1c(Cl)c(C(F)(F)F)nn1CC(=O)Nc1ccc(NC(=O)c2ccn(C)n2)cc1. The summed E-state index contributed by atoms with van der Waals surface area (Å²) in [6.07, 6.45) is -3.07. The lowest BCUT2D eigenvalue weighted by atomic mass is 10.2. The molecule has 158 valence electrons. The van der Waals surface area contributed by atoms with Crippen molar-refractivity contribution in [3.8, 4) is 0 Å². The molecule has 3 rings (SSSR count). The number of alkyl halides is 3. The molecule has 0 aliphatic carbocycles. The van der Waals surface area contributed by atoms with Gasteiger partial charge in [0.15, 0.2) is 11.4 Å². The summed E-state index contributed by atoms with van der Waals surface area (Å²) < 4.78 is 41.0. The lowest BCUT2D eigenvalue weighted by Crippen LogP contribution is -2.21. The van der Waals surface area contributed by atoms with Crippen LogP contribution in [0.3, 0.4) is 0 Å². The molecular formula is C18H16ClF3N6O2. The highest BCUT2D eigenvalue weighted by molar-refractivity contribution is 6.32. The predicted octanol–water partition coefficient (Wildman–Crippen LogP) is 3.49. The summed E-state index contributed by atoms with van der Waals surface area (Å²) in [5.74, 6) is -0.977. The minimum Gasteiger partial charge on any atom is -0.324 e. The maximum Gasteiger partial charge on any atom is 0.436 e. The molecule has 0 unspecified atom stereocenters. The number of carbonyl (C=O) groups excluding carboxylic acids is 2. The molecule has 8 nitrogen and oxygen atoms in total. The Morgan fingerprint density at radius 2 is 1.67 bits per heavy atom. The molecule has 0 saturated carbocycles. The first-order valence-electron chi connectivity index (χ1n) is 8.55. The van der Waals surface area contributed by atoms with E-state index >= 15 is 0 Å². The number of amides is 2. The van der Waals surface area contributed by atoms with Crippen LogP contribution in [0.2, 0.25) is 5.02 Å². The van der Waals surface area contributed by atoms with E-state index in [4.69, 9.17) is 11.6 Å². The van der Waals surface area contributed by atoms with Gasteiger partial charge in [-0.3, -0.25) is 19.0 Å². The van der Waals surface area contributed by atoms with Crippen molar-refractivity contribution in [1.29, 1.82) is 0 Å². The first-order valence-corrected chi connectivity index (χ1v) is 8.93.